The maximum atomic E-state index is 11.7. The lowest BCUT2D eigenvalue weighted by molar-refractivity contribution is 0.530. The maximum absolute atomic E-state index is 11.7. The fourth-order valence-corrected chi connectivity index (χ4v) is 1.76. The van der Waals surface area contributed by atoms with E-state index in [1.165, 1.54) is 0 Å². The summed E-state index contributed by atoms with van der Waals surface area (Å²) in [6.45, 7) is 4.08. The third-order valence-electron chi connectivity index (χ3n) is 2.77. The average Bonchev–Trinajstić information content (AvgIpc) is 2.52. The molecule has 0 spiro atoms. The van der Waals surface area contributed by atoms with Crippen LogP contribution < -0.4 is 11.4 Å². The number of imidazole rings is 1. The minimum absolute atomic E-state index is 0.0649. The molecule has 1 aromatic heterocycles. The van der Waals surface area contributed by atoms with Crippen molar-refractivity contribution in [2.75, 3.05) is 5.73 Å². The molecule has 0 aliphatic rings. The summed E-state index contributed by atoms with van der Waals surface area (Å²) in [7, 11) is 0. The predicted octanol–water partition coefficient (Wildman–Crippen LogP) is 1.88. The Bertz CT molecular complexity index is 538. The van der Waals surface area contributed by atoms with Gasteiger partial charge in [0.1, 0.15) is 0 Å². The highest BCUT2D eigenvalue weighted by atomic mass is 16.1. The summed E-state index contributed by atoms with van der Waals surface area (Å²) in [6, 6.07) is 5.65. The third kappa shape index (κ3) is 1.52. The molecule has 1 unspecified atom stereocenters. The monoisotopic (exact) mass is 205 g/mol. The third-order valence-corrected chi connectivity index (χ3v) is 2.77. The number of nitrogens with two attached hydrogens (primary N) is 1. The van der Waals surface area contributed by atoms with Gasteiger partial charge in [0.2, 0.25) is 0 Å². The first kappa shape index (κ1) is 9.83. The van der Waals surface area contributed by atoms with Gasteiger partial charge in [0.25, 0.3) is 0 Å². The van der Waals surface area contributed by atoms with E-state index in [1.54, 1.807) is 10.6 Å². The second-order valence-corrected chi connectivity index (χ2v) is 3.83. The standard InChI is InChI=1S/C11H15N3O/c1-3-7(2)14-10-6-8(12)4-5-9(10)13-11(14)15/h4-7H,3,12H2,1-2H3,(H,13,15). The average molecular weight is 205 g/mol. The van der Waals surface area contributed by atoms with Crippen molar-refractivity contribution in [3.05, 3.63) is 28.7 Å². The Morgan fingerprint density at radius 1 is 1.53 bits per heavy atom. The van der Waals surface area contributed by atoms with Crippen LogP contribution in [0, 0.1) is 0 Å². The van der Waals surface area contributed by atoms with Crippen LogP contribution in [0.15, 0.2) is 23.0 Å². The first-order chi connectivity index (χ1) is 7.13. The Morgan fingerprint density at radius 3 is 2.93 bits per heavy atom. The van der Waals surface area contributed by atoms with Crippen LogP contribution in [0.1, 0.15) is 26.3 Å². The Kier molecular flexibility index (Phi) is 2.26. The molecule has 0 fully saturated rings. The number of nitrogen functional groups attached to an aromatic ring is 1. The number of hydrogen-bond acceptors (Lipinski definition) is 2. The van der Waals surface area contributed by atoms with Crippen molar-refractivity contribution < 1.29 is 0 Å². The zero-order chi connectivity index (χ0) is 11.0. The van der Waals surface area contributed by atoms with Gasteiger partial charge in [0.15, 0.2) is 0 Å². The highest BCUT2D eigenvalue weighted by Crippen LogP contribution is 2.18. The molecule has 4 heteroatoms. The van der Waals surface area contributed by atoms with E-state index in [1.807, 2.05) is 19.1 Å². The van der Waals surface area contributed by atoms with Gasteiger partial charge in [-0.25, -0.2) is 4.79 Å². The predicted molar refractivity (Wildman–Crippen MR) is 62.0 cm³/mol. The van der Waals surface area contributed by atoms with E-state index in [-0.39, 0.29) is 11.7 Å². The van der Waals surface area contributed by atoms with Crippen LogP contribution in [-0.4, -0.2) is 9.55 Å². The van der Waals surface area contributed by atoms with E-state index < -0.39 is 0 Å². The van der Waals surface area contributed by atoms with Gasteiger partial charge in [-0.05, 0) is 31.5 Å². The number of aromatic amines is 1. The summed E-state index contributed by atoms with van der Waals surface area (Å²) in [5.41, 5.74) is 8.05. The van der Waals surface area contributed by atoms with E-state index in [0.717, 1.165) is 17.5 Å². The number of anilines is 1. The van der Waals surface area contributed by atoms with Crippen LogP contribution in [0.3, 0.4) is 0 Å². The number of hydrogen-bond donors (Lipinski definition) is 2. The molecule has 0 amide bonds. The van der Waals surface area contributed by atoms with Crippen LogP contribution in [0.25, 0.3) is 11.0 Å². The molecule has 15 heavy (non-hydrogen) atoms. The molecular formula is C11H15N3O. The second kappa shape index (κ2) is 3.46. The van der Waals surface area contributed by atoms with Gasteiger partial charge < -0.3 is 10.7 Å². The minimum atomic E-state index is -0.0649. The molecule has 2 aromatic rings. The zero-order valence-corrected chi connectivity index (χ0v) is 8.95. The van der Waals surface area contributed by atoms with E-state index in [4.69, 9.17) is 5.73 Å². The number of benzene rings is 1. The molecule has 0 saturated carbocycles. The first-order valence-corrected chi connectivity index (χ1v) is 5.13. The number of aromatic nitrogens is 2. The van der Waals surface area contributed by atoms with Crippen molar-refractivity contribution in [3.63, 3.8) is 0 Å². The van der Waals surface area contributed by atoms with Gasteiger partial charge in [-0.3, -0.25) is 4.57 Å². The smallest absolute Gasteiger partial charge is 0.326 e. The van der Waals surface area contributed by atoms with Gasteiger partial charge >= 0.3 is 5.69 Å². The number of nitrogens with one attached hydrogen (secondary N) is 1. The summed E-state index contributed by atoms with van der Waals surface area (Å²) in [5, 5.41) is 0. The summed E-state index contributed by atoms with van der Waals surface area (Å²) >= 11 is 0. The largest absolute Gasteiger partial charge is 0.399 e. The molecule has 1 aromatic carbocycles. The molecular weight excluding hydrogens is 190 g/mol. The number of fused-ring (bicyclic) bond motifs is 1. The van der Waals surface area contributed by atoms with Crippen molar-refractivity contribution in [2.45, 2.75) is 26.3 Å². The fraction of sp³-hybridized carbons (Fsp3) is 0.364. The Morgan fingerprint density at radius 2 is 2.27 bits per heavy atom. The summed E-state index contributed by atoms with van der Waals surface area (Å²) in [6.07, 6.45) is 0.918. The molecule has 1 heterocycles. The lowest BCUT2D eigenvalue weighted by Gasteiger charge is -2.10. The van der Waals surface area contributed by atoms with Crippen molar-refractivity contribution in [1.82, 2.24) is 9.55 Å². The lowest BCUT2D eigenvalue weighted by atomic mass is 10.2. The van der Waals surface area contributed by atoms with Crippen LogP contribution in [0.5, 0.6) is 0 Å². The topological polar surface area (TPSA) is 63.8 Å². The van der Waals surface area contributed by atoms with E-state index >= 15 is 0 Å². The Hall–Kier alpha value is -1.71. The van der Waals surface area contributed by atoms with E-state index in [9.17, 15) is 4.79 Å². The molecule has 0 aliphatic heterocycles. The molecule has 0 radical (unpaired) electrons. The van der Waals surface area contributed by atoms with Gasteiger partial charge in [-0.15, -0.1) is 0 Å². The molecule has 0 bridgehead atoms. The minimum Gasteiger partial charge on any atom is -0.399 e. The van der Waals surface area contributed by atoms with Crippen LogP contribution >= 0.6 is 0 Å². The zero-order valence-electron chi connectivity index (χ0n) is 8.95. The number of nitrogens with zero attached hydrogens (tertiary/aromatic N) is 1. The van der Waals surface area contributed by atoms with Crippen LogP contribution in [-0.2, 0) is 0 Å². The number of H-pyrrole nitrogens is 1. The van der Waals surface area contributed by atoms with Gasteiger partial charge in [0, 0.05) is 11.7 Å². The van der Waals surface area contributed by atoms with E-state index in [2.05, 4.69) is 11.9 Å². The first-order valence-electron chi connectivity index (χ1n) is 5.13. The van der Waals surface area contributed by atoms with Crippen molar-refractivity contribution in [3.8, 4) is 0 Å². The highest BCUT2D eigenvalue weighted by molar-refractivity contribution is 5.79. The highest BCUT2D eigenvalue weighted by Gasteiger charge is 2.11. The van der Waals surface area contributed by atoms with Crippen LogP contribution in [0.4, 0.5) is 5.69 Å². The summed E-state index contributed by atoms with van der Waals surface area (Å²) in [4.78, 5) is 14.5. The Labute approximate surface area is 87.7 Å². The molecule has 0 saturated heterocycles. The van der Waals surface area contributed by atoms with Crippen molar-refractivity contribution >= 4 is 16.7 Å². The molecule has 80 valence electrons. The maximum Gasteiger partial charge on any atom is 0.326 e. The van der Waals surface area contributed by atoms with Crippen molar-refractivity contribution in [2.24, 2.45) is 0 Å². The normalized spacial score (nSPS) is 13.2. The van der Waals surface area contributed by atoms with Crippen molar-refractivity contribution in [1.29, 1.82) is 0 Å². The fourth-order valence-electron chi connectivity index (χ4n) is 1.76. The Balaban J connectivity index is 2.76. The molecule has 1 atom stereocenters. The number of rotatable bonds is 2. The van der Waals surface area contributed by atoms with Gasteiger partial charge in [-0.2, -0.15) is 0 Å². The molecule has 4 nitrogen and oxygen atoms in total. The second-order valence-electron chi connectivity index (χ2n) is 3.83. The quantitative estimate of drug-likeness (QED) is 0.735. The molecule has 0 aliphatic carbocycles. The lowest BCUT2D eigenvalue weighted by Crippen LogP contribution is -2.19. The molecule has 2 rings (SSSR count). The SMILES string of the molecule is CCC(C)n1c(=O)[nH]c2ccc(N)cc21. The van der Waals surface area contributed by atoms with Gasteiger partial charge in [0.05, 0.1) is 11.0 Å². The van der Waals surface area contributed by atoms with Crippen LogP contribution in [0.2, 0.25) is 0 Å². The van der Waals surface area contributed by atoms with E-state index in [0.29, 0.717) is 5.69 Å². The molecule has 3 N–H and O–H groups in total. The van der Waals surface area contributed by atoms with Gasteiger partial charge in [-0.1, -0.05) is 6.92 Å². The summed E-state index contributed by atoms with van der Waals surface area (Å²) < 4.78 is 1.76. The summed E-state index contributed by atoms with van der Waals surface area (Å²) in [5.74, 6) is 0.